The molecule has 4 nitrogen and oxygen atoms in total. The second-order valence-corrected chi connectivity index (χ2v) is 7.96. The summed E-state index contributed by atoms with van der Waals surface area (Å²) >= 11 is 0. The van der Waals surface area contributed by atoms with Crippen molar-refractivity contribution in [2.45, 2.75) is 31.7 Å². The molecular formula is C9H17NO3S2. The quantitative estimate of drug-likeness (QED) is 0.438. The van der Waals surface area contributed by atoms with E-state index < -0.39 is 9.15 Å². The first kappa shape index (κ1) is 11.7. The zero-order valence-corrected chi connectivity index (χ0v) is 10.2. The van der Waals surface area contributed by atoms with Gasteiger partial charge in [0.1, 0.15) is 0 Å². The lowest BCUT2D eigenvalue weighted by atomic mass is 9.95. The van der Waals surface area contributed by atoms with Crippen LogP contribution in [0.3, 0.4) is 0 Å². The van der Waals surface area contributed by atoms with Crippen molar-refractivity contribution in [3.63, 3.8) is 0 Å². The van der Waals surface area contributed by atoms with Crippen LogP contribution in [0.25, 0.3) is 0 Å². The smallest absolute Gasteiger partial charge is 0.313 e. The molecule has 3 atom stereocenters. The summed E-state index contributed by atoms with van der Waals surface area (Å²) in [6.45, 7) is 0.665. The fraction of sp³-hybridized carbons (Fsp3) is 1.00. The second kappa shape index (κ2) is 4.61. The number of rotatable bonds is 5. The Balaban J connectivity index is 1.63. The van der Waals surface area contributed by atoms with E-state index in [9.17, 15) is 8.42 Å². The molecule has 0 amide bonds. The summed E-state index contributed by atoms with van der Waals surface area (Å²) in [6, 6.07) is 0.589. The van der Waals surface area contributed by atoms with Crippen molar-refractivity contribution in [1.29, 1.82) is 0 Å². The zero-order chi connectivity index (χ0) is 10.9. The SMILES string of the molecule is O=S(=O)(O)SCCNC1CC2CCC1C2. The molecule has 0 aromatic rings. The summed E-state index contributed by atoms with van der Waals surface area (Å²) in [4.78, 5) is 0. The number of hydrogen-bond acceptors (Lipinski definition) is 4. The van der Waals surface area contributed by atoms with E-state index in [2.05, 4.69) is 5.32 Å². The van der Waals surface area contributed by atoms with E-state index in [1.807, 2.05) is 0 Å². The van der Waals surface area contributed by atoms with E-state index in [-0.39, 0.29) is 0 Å². The summed E-state index contributed by atoms with van der Waals surface area (Å²) in [5.41, 5.74) is 0. The molecule has 0 saturated heterocycles. The second-order valence-electron chi connectivity index (χ2n) is 4.49. The molecule has 2 aliphatic carbocycles. The molecule has 0 aromatic heterocycles. The van der Waals surface area contributed by atoms with Crippen LogP contribution >= 0.6 is 10.8 Å². The number of nitrogens with one attached hydrogen (secondary N) is 1. The Morgan fingerprint density at radius 3 is 2.67 bits per heavy atom. The van der Waals surface area contributed by atoms with Gasteiger partial charge in [0.05, 0.1) is 0 Å². The Morgan fingerprint density at radius 1 is 1.33 bits per heavy atom. The van der Waals surface area contributed by atoms with Crippen molar-refractivity contribution >= 4 is 19.9 Å². The Labute approximate surface area is 94.3 Å². The largest absolute Gasteiger partial charge is 0.319 e. The van der Waals surface area contributed by atoms with Crippen molar-refractivity contribution in [2.24, 2.45) is 11.8 Å². The van der Waals surface area contributed by atoms with E-state index in [4.69, 9.17) is 4.55 Å². The Kier molecular flexibility index (Phi) is 3.59. The van der Waals surface area contributed by atoms with Gasteiger partial charge in [-0.2, -0.15) is 8.42 Å². The molecule has 6 heteroatoms. The van der Waals surface area contributed by atoms with Gasteiger partial charge >= 0.3 is 9.15 Å². The summed E-state index contributed by atoms with van der Waals surface area (Å²) in [5, 5.41) is 3.39. The molecule has 0 spiro atoms. The van der Waals surface area contributed by atoms with Crippen molar-refractivity contribution < 1.29 is 13.0 Å². The first-order chi connectivity index (χ1) is 7.04. The summed E-state index contributed by atoms with van der Waals surface area (Å²) < 4.78 is 29.4. The van der Waals surface area contributed by atoms with Gasteiger partial charge in [-0.25, -0.2) is 0 Å². The summed E-state index contributed by atoms with van der Waals surface area (Å²) in [5.74, 6) is 2.14. The Morgan fingerprint density at radius 2 is 2.13 bits per heavy atom. The fourth-order valence-electron chi connectivity index (χ4n) is 2.89. The maximum absolute atomic E-state index is 10.4. The predicted octanol–water partition coefficient (Wildman–Crippen LogP) is 1.30. The molecule has 2 N–H and O–H groups in total. The summed E-state index contributed by atoms with van der Waals surface area (Å²) in [6.07, 6.45) is 5.31. The lowest BCUT2D eigenvalue weighted by molar-refractivity contribution is 0.359. The third-order valence-corrected chi connectivity index (χ3v) is 5.54. The Hall–Kier alpha value is 0.220. The minimum absolute atomic E-state index is 0.423. The van der Waals surface area contributed by atoms with Gasteiger partial charge in [-0.1, -0.05) is 6.42 Å². The van der Waals surface area contributed by atoms with Crippen LogP contribution in [-0.4, -0.2) is 31.3 Å². The van der Waals surface area contributed by atoms with E-state index in [0.717, 1.165) is 11.8 Å². The topological polar surface area (TPSA) is 66.4 Å². The standard InChI is InChI=1S/C9H17NO3S2/c11-15(12,13)14-4-3-10-9-6-7-1-2-8(9)5-7/h7-10H,1-6H2,(H,11,12,13). The molecule has 15 heavy (non-hydrogen) atoms. The van der Waals surface area contributed by atoms with Crippen molar-refractivity contribution in [3.8, 4) is 0 Å². The number of hydrogen-bond donors (Lipinski definition) is 2. The lowest BCUT2D eigenvalue weighted by Gasteiger charge is -2.22. The first-order valence-corrected chi connectivity index (χ1v) is 8.34. The minimum Gasteiger partial charge on any atom is -0.313 e. The maximum Gasteiger partial charge on any atom is 0.319 e. The van der Waals surface area contributed by atoms with Crippen molar-refractivity contribution in [1.82, 2.24) is 5.32 Å². The van der Waals surface area contributed by atoms with Gasteiger partial charge in [0.25, 0.3) is 0 Å². The van der Waals surface area contributed by atoms with Gasteiger partial charge in [0.2, 0.25) is 0 Å². The molecule has 2 fully saturated rings. The van der Waals surface area contributed by atoms with Crippen LogP contribution in [0.15, 0.2) is 0 Å². The molecule has 2 bridgehead atoms. The molecule has 0 aromatic carbocycles. The van der Waals surface area contributed by atoms with E-state index in [1.54, 1.807) is 0 Å². The molecule has 0 heterocycles. The fourth-order valence-corrected chi connectivity index (χ4v) is 4.18. The Bertz CT molecular complexity index is 317. The predicted molar refractivity (Wildman–Crippen MR) is 61.2 cm³/mol. The van der Waals surface area contributed by atoms with Crippen LogP contribution in [0.4, 0.5) is 0 Å². The normalized spacial score (nSPS) is 34.9. The minimum atomic E-state index is -3.85. The average molecular weight is 251 g/mol. The first-order valence-electron chi connectivity index (χ1n) is 5.40. The maximum atomic E-state index is 10.4. The van der Waals surface area contributed by atoms with E-state index in [1.165, 1.54) is 25.7 Å². The van der Waals surface area contributed by atoms with Gasteiger partial charge in [-0.3, -0.25) is 4.55 Å². The van der Waals surface area contributed by atoms with Crippen LogP contribution in [0.1, 0.15) is 25.7 Å². The van der Waals surface area contributed by atoms with Crippen LogP contribution in [-0.2, 0) is 9.15 Å². The molecule has 2 rings (SSSR count). The molecule has 0 aliphatic heterocycles. The van der Waals surface area contributed by atoms with E-state index >= 15 is 0 Å². The van der Waals surface area contributed by atoms with Crippen molar-refractivity contribution in [3.05, 3.63) is 0 Å². The molecular weight excluding hydrogens is 234 g/mol. The monoisotopic (exact) mass is 251 g/mol. The van der Waals surface area contributed by atoms with E-state index in [0.29, 0.717) is 29.1 Å². The lowest BCUT2D eigenvalue weighted by Crippen LogP contribution is -2.35. The van der Waals surface area contributed by atoms with Crippen LogP contribution in [0.5, 0.6) is 0 Å². The highest BCUT2D eigenvalue weighted by molar-refractivity contribution is 8.69. The zero-order valence-electron chi connectivity index (χ0n) is 8.55. The molecule has 2 aliphatic rings. The third-order valence-electron chi connectivity index (χ3n) is 3.48. The highest BCUT2D eigenvalue weighted by Gasteiger charge is 2.38. The van der Waals surface area contributed by atoms with Gasteiger partial charge in [-0.15, -0.1) is 0 Å². The van der Waals surface area contributed by atoms with Crippen molar-refractivity contribution in [2.75, 3.05) is 12.3 Å². The number of fused-ring (bicyclic) bond motifs is 2. The third kappa shape index (κ3) is 3.34. The molecule has 2 saturated carbocycles. The van der Waals surface area contributed by atoms with Crippen LogP contribution in [0.2, 0.25) is 0 Å². The molecule has 88 valence electrons. The summed E-state index contributed by atoms with van der Waals surface area (Å²) in [7, 11) is -3.25. The van der Waals surface area contributed by atoms with Gasteiger partial charge in [0.15, 0.2) is 0 Å². The highest BCUT2D eigenvalue weighted by atomic mass is 33.1. The van der Waals surface area contributed by atoms with Gasteiger partial charge < -0.3 is 5.32 Å². The van der Waals surface area contributed by atoms with Gasteiger partial charge in [-0.05, 0) is 41.9 Å². The van der Waals surface area contributed by atoms with Crippen LogP contribution in [0, 0.1) is 11.8 Å². The molecule has 3 unspecified atom stereocenters. The highest BCUT2D eigenvalue weighted by Crippen LogP contribution is 2.44. The van der Waals surface area contributed by atoms with Crippen LogP contribution < -0.4 is 5.32 Å². The average Bonchev–Trinajstić information content (AvgIpc) is 2.71. The molecule has 0 radical (unpaired) electrons. The van der Waals surface area contributed by atoms with Gasteiger partial charge in [0, 0.05) is 18.3 Å².